The van der Waals surface area contributed by atoms with Gasteiger partial charge in [0.15, 0.2) is 5.60 Å². The molecule has 4 nitrogen and oxygen atoms in total. The van der Waals surface area contributed by atoms with Crippen LogP contribution in [0.25, 0.3) is 0 Å². The molecular formula is C13H18F4O4. The Morgan fingerprint density at radius 1 is 1.14 bits per heavy atom. The molecule has 1 saturated heterocycles. The summed E-state index contributed by atoms with van der Waals surface area (Å²) in [6.07, 6.45) is 0. The number of hydrogen-bond acceptors (Lipinski definition) is 4. The normalized spacial score (nSPS) is 24.0. The molecule has 0 atom stereocenters. The number of hydrogen-bond donors (Lipinski definition) is 0. The average Bonchev–Trinajstić information content (AvgIpc) is 2.40. The van der Waals surface area contributed by atoms with Crippen LogP contribution in [0.1, 0.15) is 27.7 Å². The van der Waals surface area contributed by atoms with Gasteiger partial charge < -0.3 is 14.2 Å². The average molecular weight is 314 g/mol. The van der Waals surface area contributed by atoms with Crippen molar-refractivity contribution in [2.75, 3.05) is 13.2 Å². The van der Waals surface area contributed by atoms with Gasteiger partial charge >= 0.3 is 17.8 Å². The SMILES string of the molecule is C=C(C)C(=O)OC(C)(C)C1(C)OCC(F)(F)C(F)(F)CO1. The minimum Gasteiger partial charge on any atom is -0.451 e. The van der Waals surface area contributed by atoms with Gasteiger partial charge in [-0.25, -0.2) is 4.79 Å². The maximum Gasteiger partial charge on any atom is 0.335 e. The highest BCUT2D eigenvalue weighted by atomic mass is 19.3. The van der Waals surface area contributed by atoms with Gasteiger partial charge in [0.05, 0.1) is 0 Å². The smallest absolute Gasteiger partial charge is 0.335 e. The van der Waals surface area contributed by atoms with E-state index in [0.717, 1.165) is 6.92 Å². The quantitative estimate of drug-likeness (QED) is 0.456. The van der Waals surface area contributed by atoms with Gasteiger partial charge in [0.1, 0.15) is 13.2 Å². The lowest BCUT2D eigenvalue weighted by Gasteiger charge is -2.41. The number of esters is 1. The number of ether oxygens (including phenoxy) is 3. The molecule has 1 fully saturated rings. The van der Waals surface area contributed by atoms with Crippen LogP contribution in [-0.2, 0) is 19.0 Å². The number of carbonyl (C=O) groups excluding carboxylic acids is 1. The highest BCUT2D eigenvalue weighted by molar-refractivity contribution is 5.87. The Bertz CT molecular complexity index is 427. The molecule has 1 heterocycles. The van der Waals surface area contributed by atoms with E-state index in [0.29, 0.717) is 0 Å². The maximum atomic E-state index is 13.3. The lowest BCUT2D eigenvalue weighted by Crippen LogP contribution is -2.54. The van der Waals surface area contributed by atoms with Crippen LogP contribution < -0.4 is 0 Å². The Morgan fingerprint density at radius 3 is 1.86 bits per heavy atom. The molecule has 1 aliphatic heterocycles. The van der Waals surface area contributed by atoms with Crippen LogP contribution in [0.2, 0.25) is 0 Å². The van der Waals surface area contributed by atoms with E-state index >= 15 is 0 Å². The van der Waals surface area contributed by atoms with Crippen LogP contribution in [0.15, 0.2) is 12.2 Å². The molecule has 0 unspecified atom stereocenters. The largest absolute Gasteiger partial charge is 0.451 e. The van der Waals surface area contributed by atoms with Crippen LogP contribution in [0, 0.1) is 0 Å². The summed E-state index contributed by atoms with van der Waals surface area (Å²) in [6.45, 7) is 5.45. The van der Waals surface area contributed by atoms with Crippen LogP contribution in [0.5, 0.6) is 0 Å². The predicted octanol–water partition coefficient (Wildman–Crippen LogP) is 2.92. The lowest BCUT2D eigenvalue weighted by molar-refractivity contribution is -0.303. The van der Waals surface area contributed by atoms with Gasteiger partial charge in [0.2, 0.25) is 5.79 Å². The fraction of sp³-hybridized carbons (Fsp3) is 0.769. The van der Waals surface area contributed by atoms with E-state index < -0.39 is 42.4 Å². The van der Waals surface area contributed by atoms with Crippen molar-refractivity contribution in [1.82, 2.24) is 0 Å². The minimum absolute atomic E-state index is 0.0657. The second-order valence-corrected chi connectivity index (χ2v) is 5.61. The maximum absolute atomic E-state index is 13.3. The van der Waals surface area contributed by atoms with Crippen molar-refractivity contribution >= 4 is 5.97 Å². The van der Waals surface area contributed by atoms with Crippen molar-refractivity contribution in [2.45, 2.75) is 50.9 Å². The van der Waals surface area contributed by atoms with E-state index in [2.05, 4.69) is 6.58 Å². The van der Waals surface area contributed by atoms with Crippen LogP contribution in [-0.4, -0.2) is 42.4 Å². The van der Waals surface area contributed by atoms with Crippen molar-refractivity contribution in [2.24, 2.45) is 0 Å². The van der Waals surface area contributed by atoms with Crippen molar-refractivity contribution in [3.8, 4) is 0 Å². The molecule has 0 bridgehead atoms. The molecule has 0 aliphatic carbocycles. The molecule has 0 radical (unpaired) electrons. The van der Waals surface area contributed by atoms with Gasteiger partial charge in [-0.15, -0.1) is 0 Å². The fourth-order valence-electron chi connectivity index (χ4n) is 1.47. The van der Waals surface area contributed by atoms with E-state index in [9.17, 15) is 22.4 Å². The van der Waals surface area contributed by atoms with Gasteiger partial charge in [0.25, 0.3) is 0 Å². The molecular weight excluding hydrogens is 296 g/mol. The van der Waals surface area contributed by atoms with Crippen LogP contribution in [0.4, 0.5) is 17.6 Å². The summed E-state index contributed by atoms with van der Waals surface area (Å²) in [5.41, 5.74) is -1.52. The highest BCUT2D eigenvalue weighted by Crippen LogP contribution is 2.43. The third-order valence-corrected chi connectivity index (χ3v) is 3.38. The third-order valence-electron chi connectivity index (χ3n) is 3.38. The van der Waals surface area contributed by atoms with E-state index in [-0.39, 0.29) is 5.57 Å². The van der Waals surface area contributed by atoms with Crippen molar-refractivity contribution < 1.29 is 36.6 Å². The zero-order chi connectivity index (χ0) is 16.7. The Labute approximate surface area is 120 Å². The zero-order valence-corrected chi connectivity index (χ0v) is 12.3. The molecule has 0 aromatic carbocycles. The van der Waals surface area contributed by atoms with Gasteiger partial charge in [-0.3, -0.25) is 0 Å². The first-order chi connectivity index (χ1) is 9.24. The summed E-state index contributed by atoms with van der Waals surface area (Å²) in [5, 5.41) is 0. The van der Waals surface area contributed by atoms with E-state index in [4.69, 9.17) is 14.2 Å². The number of rotatable bonds is 3. The summed E-state index contributed by atoms with van der Waals surface area (Å²) >= 11 is 0. The first kappa shape index (κ1) is 17.9. The Balaban J connectivity index is 3.00. The van der Waals surface area contributed by atoms with Gasteiger partial charge in [-0.2, -0.15) is 17.6 Å². The summed E-state index contributed by atoms with van der Waals surface area (Å²) in [7, 11) is 0. The van der Waals surface area contributed by atoms with Crippen molar-refractivity contribution in [1.29, 1.82) is 0 Å². The van der Waals surface area contributed by atoms with Crippen LogP contribution in [0.3, 0.4) is 0 Å². The summed E-state index contributed by atoms with van der Waals surface area (Å²) in [4.78, 5) is 11.6. The van der Waals surface area contributed by atoms with Gasteiger partial charge in [0, 0.05) is 5.57 Å². The highest BCUT2D eigenvalue weighted by Gasteiger charge is 2.63. The summed E-state index contributed by atoms with van der Waals surface area (Å²) < 4.78 is 67.9. The molecule has 1 aliphatic rings. The number of halogens is 4. The fourth-order valence-corrected chi connectivity index (χ4v) is 1.47. The number of alkyl halides is 4. The summed E-state index contributed by atoms with van der Waals surface area (Å²) in [5.74, 6) is -11.5. The number of carbonyl (C=O) groups is 1. The van der Waals surface area contributed by atoms with E-state index in [1.165, 1.54) is 20.8 Å². The zero-order valence-electron chi connectivity index (χ0n) is 12.3. The van der Waals surface area contributed by atoms with Crippen molar-refractivity contribution in [3.63, 3.8) is 0 Å². The second-order valence-electron chi connectivity index (χ2n) is 5.61. The molecule has 0 saturated carbocycles. The standard InChI is InChI=1S/C13H18F4O4/c1-8(2)9(18)21-10(3,4)11(5)19-6-12(14,15)13(16,17)7-20-11/h1,6-7H2,2-5H3. The molecule has 21 heavy (non-hydrogen) atoms. The molecule has 0 aromatic rings. The monoisotopic (exact) mass is 314 g/mol. The molecule has 122 valence electrons. The molecule has 0 aromatic heterocycles. The molecule has 1 rings (SSSR count). The minimum atomic E-state index is -4.38. The van der Waals surface area contributed by atoms with Crippen molar-refractivity contribution in [3.05, 3.63) is 12.2 Å². The third kappa shape index (κ3) is 3.37. The molecule has 0 amide bonds. The van der Waals surface area contributed by atoms with E-state index in [1.807, 2.05) is 0 Å². The molecule has 0 N–H and O–H groups in total. The Morgan fingerprint density at radius 2 is 1.52 bits per heavy atom. The molecule has 8 heteroatoms. The first-order valence-electron chi connectivity index (χ1n) is 6.16. The predicted molar refractivity (Wildman–Crippen MR) is 65.2 cm³/mol. The Kier molecular flexibility index (Phi) is 4.47. The van der Waals surface area contributed by atoms with Crippen LogP contribution >= 0.6 is 0 Å². The van der Waals surface area contributed by atoms with Gasteiger partial charge in [-0.1, -0.05) is 6.58 Å². The molecule has 0 spiro atoms. The Hall–Kier alpha value is -1.15. The second kappa shape index (κ2) is 5.24. The topological polar surface area (TPSA) is 44.8 Å². The first-order valence-corrected chi connectivity index (χ1v) is 6.16. The van der Waals surface area contributed by atoms with E-state index in [1.54, 1.807) is 0 Å². The summed E-state index contributed by atoms with van der Waals surface area (Å²) in [6, 6.07) is 0. The lowest BCUT2D eigenvalue weighted by atomic mass is 9.98. The van der Waals surface area contributed by atoms with Gasteiger partial charge in [-0.05, 0) is 27.7 Å².